The van der Waals surface area contributed by atoms with Crippen LogP contribution in [0.15, 0.2) is 17.0 Å². The number of carbonyl (C=O) groups is 1. The van der Waals surface area contributed by atoms with Crippen LogP contribution in [0.4, 0.5) is 5.82 Å². The fourth-order valence-electron chi connectivity index (χ4n) is 3.01. The van der Waals surface area contributed by atoms with Crippen LogP contribution in [0.5, 0.6) is 0 Å². The molecule has 1 amide bonds. The summed E-state index contributed by atoms with van der Waals surface area (Å²) in [6, 6.07) is 1.89. The Morgan fingerprint density at radius 3 is 2.88 bits per heavy atom. The molecule has 1 atom stereocenters. The number of aryl methyl sites for hydroxylation is 2. The van der Waals surface area contributed by atoms with Crippen LogP contribution in [0.1, 0.15) is 23.5 Å². The third-order valence-corrected chi connectivity index (χ3v) is 4.47. The Labute approximate surface area is 145 Å². The lowest BCUT2D eigenvalue weighted by atomic mass is 10.0. The van der Waals surface area contributed by atoms with Gasteiger partial charge in [0, 0.05) is 31.9 Å². The first-order chi connectivity index (χ1) is 11.9. The number of nitrogens with zero attached hydrogens (tertiary/aromatic N) is 6. The minimum absolute atomic E-state index is 0.108. The first-order valence-electron chi connectivity index (χ1n) is 8.14. The first kappa shape index (κ1) is 17.3. The molecule has 0 bridgehead atoms. The van der Waals surface area contributed by atoms with Gasteiger partial charge < -0.3 is 14.9 Å². The van der Waals surface area contributed by atoms with Gasteiger partial charge in [-0.2, -0.15) is 0 Å². The van der Waals surface area contributed by atoms with Crippen LogP contribution >= 0.6 is 0 Å². The van der Waals surface area contributed by atoms with Gasteiger partial charge in [0.05, 0.1) is 13.0 Å². The van der Waals surface area contributed by atoms with Crippen molar-refractivity contribution >= 4 is 11.7 Å². The third kappa shape index (κ3) is 3.93. The van der Waals surface area contributed by atoms with Crippen LogP contribution in [0.2, 0.25) is 0 Å². The number of hydrogen-bond donors (Lipinski definition) is 1. The smallest absolute Gasteiger partial charge is 0.228 e. The summed E-state index contributed by atoms with van der Waals surface area (Å²) >= 11 is 0. The first-order valence-corrected chi connectivity index (χ1v) is 8.14. The second-order valence-electron chi connectivity index (χ2n) is 6.64. The van der Waals surface area contributed by atoms with E-state index in [1.165, 1.54) is 11.2 Å². The van der Waals surface area contributed by atoms with Gasteiger partial charge in [0.1, 0.15) is 29.1 Å². The van der Waals surface area contributed by atoms with Crippen molar-refractivity contribution in [2.75, 3.05) is 31.6 Å². The molecule has 9 nitrogen and oxygen atoms in total. The predicted octanol–water partition coefficient (Wildman–Crippen LogP) is 0.119. The highest BCUT2D eigenvalue weighted by atomic mass is 16.6. The number of amides is 1. The van der Waals surface area contributed by atoms with Crippen LogP contribution in [0.3, 0.4) is 0 Å². The molecule has 3 heterocycles. The summed E-state index contributed by atoms with van der Waals surface area (Å²) in [5.41, 5.74) is 1.03. The van der Waals surface area contributed by atoms with Gasteiger partial charge in [0.25, 0.3) is 0 Å². The van der Waals surface area contributed by atoms with E-state index in [9.17, 15) is 9.90 Å². The van der Waals surface area contributed by atoms with E-state index < -0.39 is 5.60 Å². The zero-order valence-electron chi connectivity index (χ0n) is 14.6. The van der Waals surface area contributed by atoms with Gasteiger partial charge in [0.2, 0.25) is 5.91 Å². The molecule has 1 aliphatic heterocycles. The highest BCUT2D eigenvalue weighted by Crippen LogP contribution is 2.26. The molecule has 25 heavy (non-hydrogen) atoms. The van der Waals surface area contributed by atoms with Crippen molar-refractivity contribution in [3.8, 4) is 0 Å². The molecule has 2 aromatic rings. The number of aromatic nitrogens is 4. The maximum atomic E-state index is 12.4. The van der Waals surface area contributed by atoms with E-state index in [0.717, 1.165) is 11.5 Å². The van der Waals surface area contributed by atoms with Crippen molar-refractivity contribution in [3.63, 3.8) is 0 Å². The standard InChI is InChI=1S/C16H22N6O3/c1-11-6-14(18-10-17-11)22-5-4-16(24,9-22)8-21(3)15(23)7-13-12(2)19-25-20-13/h6,10,24H,4-5,7-9H2,1-3H3. The summed E-state index contributed by atoms with van der Waals surface area (Å²) < 4.78 is 4.61. The molecule has 2 aromatic heterocycles. The highest BCUT2D eigenvalue weighted by molar-refractivity contribution is 5.78. The van der Waals surface area contributed by atoms with E-state index in [2.05, 4.69) is 24.9 Å². The van der Waals surface area contributed by atoms with Crippen molar-refractivity contribution in [1.29, 1.82) is 0 Å². The normalized spacial score (nSPS) is 20.1. The molecule has 0 saturated carbocycles. The molecule has 1 N–H and O–H groups in total. The Morgan fingerprint density at radius 2 is 2.20 bits per heavy atom. The van der Waals surface area contributed by atoms with E-state index in [4.69, 9.17) is 0 Å². The van der Waals surface area contributed by atoms with Crippen LogP contribution in [0, 0.1) is 13.8 Å². The van der Waals surface area contributed by atoms with Gasteiger partial charge in [-0.05, 0) is 20.3 Å². The Bertz CT molecular complexity index is 764. The number of hydrogen-bond acceptors (Lipinski definition) is 8. The molecule has 9 heteroatoms. The van der Waals surface area contributed by atoms with Crippen molar-refractivity contribution < 1.29 is 14.5 Å². The third-order valence-electron chi connectivity index (χ3n) is 4.47. The zero-order valence-corrected chi connectivity index (χ0v) is 14.6. The molecular formula is C16H22N6O3. The summed E-state index contributed by atoms with van der Waals surface area (Å²) in [5, 5.41) is 18.3. The summed E-state index contributed by atoms with van der Waals surface area (Å²) in [5.74, 6) is 0.658. The highest BCUT2D eigenvalue weighted by Gasteiger charge is 2.38. The Kier molecular flexibility index (Phi) is 4.67. The largest absolute Gasteiger partial charge is 0.386 e. The zero-order chi connectivity index (χ0) is 18.0. The minimum atomic E-state index is -0.972. The van der Waals surface area contributed by atoms with Gasteiger partial charge in [0.15, 0.2) is 0 Å². The topological polar surface area (TPSA) is 108 Å². The summed E-state index contributed by atoms with van der Waals surface area (Å²) in [7, 11) is 1.68. The summed E-state index contributed by atoms with van der Waals surface area (Å²) in [6.45, 7) is 5.00. The molecule has 0 aliphatic carbocycles. The molecule has 134 valence electrons. The fourth-order valence-corrected chi connectivity index (χ4v) is 3.01. The van der Waals surface area contributed by atoms with Gasteiger partial charge in [-0.15, -0.1) is 0 Å². The molecule has 1 fully saturated rings. The second kappa shape index (κ2) is 6.75. The van der Waals surface area contributed by atoms with Crippen molar-refractivity contribution in [2.45, 2.75) is 32.3 Å². The second-order valence-corrected chi connectivity index (χ2v) is 6.64. The minimum Gasteiger partial charge on any atom is -0.386 e. The lowest BCUT2D eigenvalue weighted by molar-refractivity contribution is -0.132. The average Bonchev–Trinajstić information content (AvgIpc) is 3.14. The average molecular weight is 346 g/mol. The lowest BCUT2D eigenvalue weighted by Crippen LogP contribution is -2.46. The van der Waals surface area contributed by atoms with Crippen molar-refractivity contribution in [3.05, 3.63) is 29.5 Å². The molecule has 1 aliphatic rings. The van der Waals surface area contributed by atoms with Crippen molar-refractivity contribution in [1.82, 2.24) is 25.2 Å². The summed E-state index contributed by atoms with van der Waals surface area (Å²) in [4.78, 5) is 24.3. The van der Waals surface area contributed by atoms with Crippen LogP contribution < -0.4 is 4.90 Å². The number of likely N-dealkylation sites (N-methyl/N-ethyl adjacent to an activating group) is 1. The Balaban J connectivity index is 1.60. The van der Waals surface area contributed by atoms with Gasteiger partial charge in [-0.1, -0.05) is 10.3 Å². The fraction of sp³-hybridized carbons (Fsp3) is 0.562. The van der Waals surface area contributed by atoms with Gasteiger partial charge in [-0.25, -0.2) is 14.6 Å². The predicted molar refractivity (Wildman–Crippen MR) is 88.9 cm³/mol. The molecule has 0 spiro atoms. The van der Waals surface area contributed by atoms with E-state index in [1.54, 1.807) is 14.0 Å². The van der Waals surface area contributed by atoms with Crippen LogP contribution in [-0.4, -0.2) is 68.5 Å². The number of aliphatic hydroxyl groups is 1. The Hall–Kier alpha value is -2.55. The molecule has 1 unspecified atom stereocenters. The quantitative estimate of drug-likeness (QED) is 0.813. The summed E-state index contributed by atoms with van der Waals surface area (Å²) in [6.07, 6.45) is 2.20. The molecular weight excluding hydrogens is 324 g/mol. The van der Waals surface area contributed by atoms with Crippen LogP contribution in [-0.2, 0) is 11.2 Å². The SMILES string of the molecule is Cc1cc(N2CCC(O)(CN(C)C(=O)Cc3nonc3C)C2)ncn1. The number of β-amino-alcohol motifs (C(OH)–C–C–N with tert-alkyl or cyclic N) is 1. The molecule has 1 saturated heterocycles. The van der Waals surface area contributed by atoms with Gasteiger partial charge >= 0.3 is 0 Å². The Morgan fingerprint density at radius 1 is 1.40 bits per heavy atom. The van der Waals surface area contributed by atoms with Crippen molar-refractivity contribution in [2.24, 2.45) is 0 Å². The van der Waals surface area contributed by atoms with E-state index in [0.29, 0.717) is 30.9 Å². The molecule has 0 radical (unpaired) electrons. The number of rotatable bonds is 5. The van der Waals surface area contributed by atoms with Gasteiger partial charge in [-0.3, -0.25) is 4.79 Å². The van der Waals surface area contributed by atoms with Crippen LogP contribution in [0.25, 0.3) is 0 Å². The number of carbonyl (C=O) groups excluding carboxylic acids is 1. The van der Waals surface area contributed by atoms with E-state index >= 15 is 0 Å². The lowest BCUT2D eigenvalue weighted by Gasteiger charge is -2.29. The monoisotopic (exact) mass is 346 g/mol. The molecule has 0 aromatic carbocycles. The maximum Gasteiger partial charge on any atom is 0.228 e. The van der Waals surface area contributed by atoms with E-state index in [-0.39, 0.29) is 18.9 Å². The number of anilines is 1. The van der Waals surface area contributed by atoms with E-state index in [1.807, 2.05) is 17.9 Å². The maximum absolute atomic E-state index is 12.4. The molecule has 3 rings (SSSR count).